The van der Waals surface area contributed by atoms with Gasteiger partial charge in [-0.1, -0.05) is 40.5 Å². The van der Waals surface area contributed by atoms with E-state index in [4.69, 9.17) is 0 Å². The number of rotatable bonds is 6. The number of carboxylic acid groups (broad SMARTS) is 2. The predicted octanol–water partition coefficient (Wildman–Crippen LogP) is -0.426. The molecule has 0 rings (SSSR count). The molecule has 0 saturated carbocycles. The molecule has 94 valence electrons. The van der Waals surface area contributed by atoms with Crippen LogP contribution in [0.4, 0.5) is 0 Å². The van der Waals surface area contributed by atoms with Crippen molar-refractivity contribution in [1.82, 2.24) is 0 Å². The minimum Gasteiger partial charge on any atom is -0.549 e. The van der Waals surface area contributed by atoms with E-state index >= 15 is 0 Å². The van der Waals surface area contributed by atoms with Crippen LogP contribution in [-0.4, -0.2) is 60.8 Å². The van der Waals surface area contributed by atoms with E-state index in [1.165, 1.54) is 0 Å². The Morgan fingerprint density at radius 2 is 1.53 bits per heavy atom. The average molecular weight is 366 g/mol. The average Bonchev–Trinajstić information content (AvgIpc) is 2.08. The molecule has 17 heavy (non-hydrogen) atoms. The molecule has 0 aliphatic heterocycles. The summed E-state index contributed by atoms with van der Waals surface area (Å²) in [6, 6.07) is 0. The van der Waals surface area contributed by atoms with Gasteiger partial charge in [-0.05, 0) is 17.8 Å². The van der Waals surface area contributed by atoms with Gasteiger partial charge in [0.1, 0.15) is 0 Å². The summed E-state index contributed by atoms with van der Waals surface area (Å²) in [6.07, 6.45) is 1.79. The van der Waals surface area contributed by atoms with Crippen LogP contribution in [0.1, 0.15) is 47.0 Å². The van der Waals surface area contributed by atoms with E-state index in [2.05, 4.69) is 0 Å². The smallest absolute Gasteiger partial charge is 0.549 e. The van der Waals surface area contributed by atoms with E-state index in [-0.39, 0.29) is 66.6 Å². The van der Waals surface area contributed by atoms with Crippen LogP contribution in [0.5, 0.6) is 0 Å². The summed E-state index contributed by atoms with van der Waals surface area (Å²) in [4.78, 5) is 21.4. The summed E-state index contributed by atoms with van der Waals surface area (Å²) >= 11 is 0. The monoisotopic (exact) mass is 366 g/mol. The van der Waals surface area contributed by atoms with Gasteiger partial charge in [0, 0.05) is 5.92 Å². The molecular formula is C12H20BaO4. The number of carbonyl (C=O) groups is 2. The first-order valence-corrected chi connectivity index (χ1v) is 5.61. The summed E-state index contributed by atoms with van der Waals surface area (Å²) in [5, 5.41) is 21.4. The van der Waals surface area contributed by atoms with E-state index < -0.39 is 17.9 Å². The molecule has 0 aliphatic carbocycles. The van der Waals surface area contributed by atoms with Gasteiger partial charge in [0.15, 0.2) is 0 Å². The molecule has 0 heterocycles. The van der Waals surface area contributed by atoms with Crippen molar-refractivity contribution in [3.63, 3.8) is 0 Å². The zero-order valence-electron chi connectivity index (χ0n) is 11.1. The molecule has 0 bridgehead atoms. The number of carboxylic acids is 2. The Hall–Kier alpha value is 0.511. The Kier molecular flexibility index (Phi) is 10.0. The third kappa shape index (κ3) is 7.51. The Labute approximate surface area is 143 Å². The minimum atomic E-state index is -1.55. The molecule has 0 radical (unpaired) electrons. The molecule has 0 aromatic rings. The second-order valence-corrected chi connectivity index (χ2v) is 5.28. The van der Waals surface area contributed by atoms with Gasteiger partial charge in [0.25, 0.3) is 0 Å². The molecule has 0 aromatic carbocycles. The van der Waals surface area contributed by atoms with Crippen LogP contribution in [0.25, 0.3) is 0 Å². The van der Waals surface area contributed by atoms with Crippen LogP contribution in [-0.2, 0) is 9.59 Å². The van der Waals surface area contributed by atoms with E-state index in [0.29, 0.717) is 0 Å². The van der Waals surface area contributed by atoms with Crippen LogP contribution in [0.3, 0.4) is 0 Å². The van der Waals surface area contributed by atoms with Gasteiger partial charge in [0.2, 0.25) is 0 Å². The molecule has 0 aromatic heterocycles. The van der Waals surface area contributed by atoms with Gasteiger partial charge in [-0.2, -0.15) is 0 Å². The molecule has 0 amide bonds. The van der Waals surface area contributed by atoms with Crippen LogP contribution in [0.15, 0.2) is 0 Å². The van der Waals surface area contributed by atoms with Crippen LogP contribution in [0, 0.1) is 17.3 Å². The molecular weight excluding hydrogens is 345 g/mol. The summed E-state index contributed by atoms with van der Waals surface area (Å²) in [6.45, 7) is 7.94. The van der Waals surface area contributed by atoms with E-state index in [1.807, 2.05) is 27.7 Å². The van der Waals surface area contributed by atoms with Gasteiger partial charge in [0.05, 0.1) is 11.9 Å². The van der Waals surface area contributed by atoms with Gasteiger partial charge in [-0.15, -0.1) is 0 Å². The zero-order chi connectivity index (χ0) is 12.9. The number of hydrogen-bond acceptors (Lipinski definition) is 4. The summed E-state index contributed by atoms with van der Waals surface area (Å²) in [5.41, 5.74) is -0.112. The first-order valence-electron chi connectivity index (χ1n) is 5.61. The Bertz CT molecular complexity index is 244. The maximum atomic E-state index is 10.7. The van der Waals surface area contributed by atoms with Crippen molar-refractivity contribution >= 4 is 60.8 Å². The van der Waals surface area contributed by atoms with Crippen molar-refractivity contribution in [1.29, 1.82) is 0 Å². The molecule has 0 aliphatic rings. The quantitative estimate of drug-likeness (QED) is 0.473. The van der Waals surface area contributed by atoms with Crippen molar-refractivity contribution in [2.45, 2.75) is 47.0 Å². The largest absolute Gasteiger partial charge is 2.00 e. The Morgan fingerprint density at radius 1 is 1.12 bits per heavy atom. The normalized spacial score (nSPS) is 13.0. The van der Waals surface area contributed by atoms with Crippen LogP contribution >= 0.6 is 0 Å². The van der Waals surface area contributed by atoms with Crippen molar-refractivity contribution < 1.29 is 19.8 Å². The SMILES string of the molecule is CCCC(CC(C(=O)[O-])C(=O)[O-])C(C)(C)C.[Ba+2]. The van der Waals surface area contributed by atoms with Crippen LogP contribution in [0.2, 0.25) is 0 Å². The molecule has 1 unspecified atom stereocenters. The van der Waals surface area contributed by atoms with Gasteiger partial charge >= 0.3 is 48.9 Å². The van der Waals surface area contributed by atoms with Gasteiger partial charge in [-0.25, -0.2) is 0 Å². The summed E-state index contributed by atoms with van der Waals surface area (Å²) in [7, 11) is 0. The maximum Gasteiger partial charge on any atom is 2.00 e. The fourth-order valence-electron chi connectivity index (χ4n) is 1.83. The molecule has 0 fully saturated rings. The molecule has 0 N–H and O–H groups in total. The maximum absolute atomic E-state index is 10.7. The number of aliphatic carboxylic acids is 2. The minimum absolute atomic E-state index is 0. The number of carbonyl (C=O) groups excluding carboxylic acids is 2. The molecule has 4 nitrogen and oxygen atoms in total. The predicted molar refractivity (Wildman–Crippen MR) is 61.7 cm³/mol. The topological polar surface area (TPSA) is 80.3 Å². The zero-order valence-corrected chi connectivity index (χ0v) is 15.6. The molecule has 0 saturated heterocycles. The summed E-state index contributed by atoms with van der Waals surface area (Å²) in [5.74, 6) is -4.57. The molecule has 5 heteroatoms. The van der Waals surface area contributed by atoms with Gasteiger partial charge < -0.3 is 19.8 Å². The van der Waals surface area contributed by atoms with Crippen LogP contribution < -0.4 is 10.2 Å². The second kappa shape index (κ2) is 8.59. The Balaban J connectivity index is 0. The van der Waals surface area contributed by atoms with E-state index in [9.17, 15) is 19.8 Å². The van der Waals surface area contributed by atoms with Crippen molar-refractivity contribution in [2.75, 3.05) is 0 Å². The molecule has 1 atom stereocenters. The standard InChI is InChI=1S/C12H22O4.Ba/c1-5-6-8(12(2,3)4)7-9(10(13)14)11(15)16;/h8-9H,5-7H2,1-4H3,(H,13,14)(H,15,16);/q;+2/p-2. The fraction of sp³-hybridized carbons (Fsp3) is 0.833. The van der Waals surface area contributed by atoms with E-state index in [1.54, 1.807) is 0 Å². The third-order valence-electron chi connectivity index (χ3n) is 2.95. The van der Waals surface area contributed by atoms with Crippen molar-refractivity contribution in [3.05, 3.63) is 0 Å². The third-order valence-corrected chi connectivity index (χ3v) is 2.95. The van der Waals surface area contributed by atoms with E-state index in [0.717, 1.165) is 12.8 Å². The fourth-order valence-corrected chi connectivity index (χ4v) is 1.83. The van der Waals surface area contributed by atoms with Crippen molar-refractivity contribution in [2.24, 2.45) is 17.3 Å². The van der Waals surface area contributed by atoms with Crippen molar-refractivity contribution in [3.8, 4) is 0 Å². The number of hydrogen-bond donors (Lipinski definition) is 0. The first kappa shape index (κ1) is 19.8. The second-order valence-electron chi connectivity index (χ2n) is 5.28. The molecule has 0 spiro atoms. The van der Waals surface area contributed by atoms with Gasteiger partial charge in [-0.3, -0.25) is 0 Å². The summed E-state index contributed by atoms with van der Waals surface area (Å²) < 4.78 is 0. The Morgan fingerprint density at radius 3 is 1.76 bits per heavy atom. The first-order chi connectivity index (χ1) is 7.20.